The number of methoxy groups -OCH3 is 1. The Hall–Kier alpha value is -2.50. The summed E-state index contributed by atoms with van der Waals surface area (Å²) in [5.74, 6) is -4.16. The monoisotopic (exact) mass is 250 g/mol. The highest BCUT2D eigenvalue weighted by Crippen LogP contribution is 2.40. The van der Waals surface area contributed by atoms with Crippen molar-refractivity contribution in [2.45, 2.75) is 6.92 Å². The number of phenolic OH excluding ortho intramolecular Hbond substituents is 2. The highest BCUT2D eigenvalue weighted by molar-refractivity contribution is 6.52. The number of ketones is 2. The molecule has 1 aromatic carbocycles. The van der Waals surface area contributed by atoms with Gasteiger partial charge in [-0.05, 0) is 18.6 Å². The number of aromatic hydroxyl groups is 2. The molecule has 0 amide bonds. The largest absolute Gasteiger partial charge is 0.507 e. The van der Waals surface area contributed by atoms with Crippen LogP contribution in [0.25, 0.3) is 5.76 Å². The lowest BCUT2D eigenvalue weighted by Gasteiger charge is -2.19. The van der Waals surface area contributed by atoms with Crippen LogP contribution in [0.5, 0.6) is 11.5 Å². The molecular formula is C12H10O6. The van der Waals surface area contributed by atoms with Crippen LogP contribution >= 0.6 is 0 Å². The summed E-state index contributed by atoms with van der Waals surface area (Å²) < 4.78 is 4.63. The molecule has 18 heavy (non-hydrogen) atoms. The van der Waals surface area contributed by atoms with E-state index in [0.717, 1.165) is 7.11 Å². The number of rotatable bonds is 1. The van der Waals surface area contributed by atoms with Crippen LogP contribution < -0.4 is 0 Å². The molecule has 0 unspecified atom stereocenters. The van der Waals surface area contributed by atoms with Crippen LogP contribution in [0.15, 0.2) is 11.8 Å². The molecule has 0 aliphatic heterocycles. The van der Waals surface area contributed by atoms with Gasteiger partial charge in [0.25, 0.3) is 5.78 Å². The van der Waals surface area contributed by atoms with Gasteiger partial charge in [0.15, 0.2) is 5.76 Å². The highest BCUT2D eigenvalue weighted by atomic mass is 16.5. The molecule has 0 spiro atoms. The number of phenols is 2. The molecule has 1 aromatic rings. The Kier molecular flexibility index (Phi) is 2.50. The number of hydrogen-bond donors (Lipinski definition) is 3. The smallest absolute Gasteiger partial charge is 0.272 e. The van der Waals surface area contributed by atoms with Gasteiger partial charge >= 0.3 is 0 Å². The fourth-order valence-electron chi connectivity index (χ4n) is 1.88. The number of allylic oxidation sites excluding steroid dienone is 1. The minimum atomic E-state index is -1.07. The maximum Gasteiger partial charge on any atom is 0.272 e. The first-order chi connectivity index (χ1) is 8.40. The third kappa shape index (κ3) is 1.35. The van der Waals surface area contributed by atoms with Gasteiger partial charge in [-0.2, -0.15) is 0 Å². The lowest BCUT2D eigenvalue weighted by molar-refractivity contribution is -0.114. The van der Waals surface area contributed by atoms with Gasteiger partial charge in [0.2, 0.25) is 11.5 Å². The van der Waals surface area contributed by atoms with E-state index in [1.165, 1.54) is 13.0 Å². The van der Waals surface area contributed by atoms with E-state index in [0.29, 0.717) is 0 Å². The van der Waals surface area contributed by atoms with Crippen LogP contribution in [0.2, 0.25) is 0 Å². The van der Waals surface area contributed by atoms with E-state index in [1.807, 2.05) is 0 Å². The zero-order valence-corrected chi connectivity index (χ0v) is 9.64. The van der Waals surface area contributed by atoms with Crippen LogP contribution in [0, 0.1) is 6.92 Å². The quantitative estimate of drug-likeness (QED) is 0.508. The van der Waals surface area contributed by atoms with Crippen molar-refractivity contribution in [2.24, 2.45) is 0 Å². The molecule has 2 rings (SSSR count). The fourth-order valence-corrected chi connectivity index (χ4v) is 1.88. The Morgan fingerprint density at radius 1 is 1.06 bits per heavy atom. The first-order valence-electron chi connectivity index (χ1n) is 5.02. The lowest BCUT2D eigenvalue weighted by Crippen LogP contribution is -2.25. The number of ether oxygens (including phenoxy) is 1. The standard InChI is InChI=1S/C12H10O6/c1-4-3-5(13)6-7(8(4)14)9(15)11(17)12(18-2)10(6)16/h3,13-14,16H,1-2H3. The van der Waals surface area contributed by atoms with E-state index in [4.69, 9.17) is 0 Å². The molecule has 0 bridgehead atoms. The predicted molar refractivity (Wildman–Crippen MR) is 60.4 cm³/mol. The minimum absolute atomic E-state index is 0.223. The summed E-state index contributed by atoms with van der Waals surface area (Å²) in [4.78, 5) is 23.4. The maximum absolute atomic E-state index is 11.8. The van der Waals surface area contributed by atoms with E-state index in [-0.39, 0.29) is 11.1 Å². The average molecular weight is 250 g/mol. The van der Waals surface area contributed by atoms with Crippen LogP contribution in [-0.4, -0.2) is 34.0 Å². The van der Waals surface area contributed by atoms with Crippen LogP contribution in [0.4, 0.5) is 0 Å². The van der Waals surface area contributed by atoms with Crippen molar-refractivity contribution in [1.82, 2.24) is 0 Å². The van der Waals surface area contributed by atoms with Crippen LogP contribution in [-0.2, 0) is 9.53 Å². The van der Waals surface area contributed by atoms with E-state index in [1.54, 1.807) is 0 Å². The molecular weight excluding hydrogens is 240 g/mol. The normalized spacial score (nSPS) is 14.8. The maximum atomic E-state index is 11.8. The molecule has 6 nitrogen and oxygen atoms in total. The minimum Gasteiger partial charge on any atom is -0.507 e. The Labute approximate surface area is 102 Å². The molecule has 6 heteroatoms. The molecule has 1 aliphatic rings. The van der Waals surface area contributed by atoms with E-state index in [9.17, 15) is 24.9 Å². The van der Waals surface area contributed by atoms with E-state index >= 15 is 0 Å². The number of carbonyl (C=O) groups is 2. The highest BCUT2D eigenvalue weighted by Gasteiger charge is 2.38. The number of hydrogen-bond acceptors (Lipinski definition) is 6. The third-order valence-electron chi connectivity index (χ3n) is 2.77. The van der Waals surface area contributed by atoms with Crippen molar-refractivity contribution < 1.29 is 29.6 Å². The number of aliphatic hydroxyl groups excluding tert-OH is 1. The molecule has 0 saturated carbocycles. The Bertz CT molecular complexity index is 611. The first kappa shape index (κ1) is 12.0. The van der Waals surface area contributed by atoms with Crippen LogP contribution in [0.3, 0.4) is 0 Å². The van der Waals surface area contributed by atoms with E-state index < -0.39 is 40.1 Å². The van der Waals surface area contributed by atoms with Crippen molar-refractivity contribution in [3.63, 3.8) is 0 Å². The van der Waals surface area contributed by atoms with Crippen molar-refractivity contribution in [3.8, 4) is 11.5 Å². The molecule has 1 aliphatic carbocycles. The number of fused-ring (bicyclic) bond motifs is 1. The van der Waals surface area contributed by atoms with Gasteiger partial charge < -0.3 is 20.1 Å². The Morgan fingerprint density at radius 3 is 2.22 bits per heavy atom. The Morgan fingerprint density at radius 2 is 1.67 bits per heavy atom. The molecule has 0 fully saturated rings. The zero-order chi connectivity index (χ0) is 13.6. The van der Waals surface area contributed by atoms with Crippen molar-refractivity contribution in [3.05, 3.63) is 28.5 Å². The van der Waals surface area contributed by atoms with Gasteiger partial charge in [-0.15, -0.1) is 0 Å². The second kappa shape index (κ2) is 3.76. The molecule has 3 N–H and O–H groups in total. The molecule has 0 heterocycles. The number of Topliss-reactive ketones (excluding diaryl/α,β-unsaturated/α-hetero) is 2. The van der Waals surface area contributed by atoms with Gasteiger partial charge in [0.1, 0.15) is 11.5 Å². The van der Waals surface area contributed by atoms with Gasteiger partial charge in [0.05, 0.1) is 18.2 Å². The number of benzene rings is 1. The fraction of sp³-hybridized carbons (Fsp3) is 0.167. The van der Waals surface area contributed by atoms with Gasteiger partial charge in [-0.3, -0.25) is 9.59 Å². The summed E-state index contributed by atoms with van der Waals surface area (Å²) in [7, 11) is 1.12. The number of aliphatic hydroxyl groups is 1. The molecule has 0 saturated heterocycles. The lowest BCUT2D eigenvalue weighted by atomic mass is 9.89. The zero-order valence-electron chi connectivity index (χ0n) is 9.64. The second-order valence-corrected chi connectivity index (χ2v) is 3.85. The van der Waals surface area contributed by atoms with Gasteiger partial charge in [0, 0.05) is 0 Å². The van der Waals surface area contributed by atoms with Crippen molar-refractivity contribution in [1.29, 1.82) is 0 Å². The third-order valence-corrected chi connectivity index (χ3v) is 2.77. The first-order valence-corrected chi connectivity index (χ1v) is 5.02. The Balaban J connectivity index is 2.92. The second-order valence-electron chi connectivity index (χ2n) is 3.85. The summed E-state index contributed by atoms with van der Waals surface area (Å²) in [5, 5.41) is 29.3. The number of carbonyl (C=O) groups excluding carboxylic acids is 2. The SMILES string of the molecule is COC1=C(O)c2c(O)cc(C)c(O)c2C(=O)C1=O. The van der Waals surface area contributed by atoms with Crippen molar-refractivity contribution >= 4 is 17.3 Å². The van der Waals surface area contributed by atoms with Gasteiger partial charge in [-0.1, -0.05) is 0 Å². The molecule has 0 atom stereocenters. The predicted octanol–water partition coefficient (Wildman–Crippen LogP) is 1.04. The van der Waals surface area contributed by atoms with Crippen LogP contribution in [0.1, 0.15) is 21.5 Å². The topological polar surface area (TPSA) is 104 Å². The summed E-state index contributed by atoms with van der Waals surface area (Å²) in [6.07, 6.45) is 0. The summed E-state index contributed by atoms with van der Waals surface area (Å²) in [6, 6.07) is 1.18. The molecule has 0 aromatic heterocycles. The molecule has 0 radical (unpaired) electrons. The number of aryl methyl sites for hydroxylation is 1. The van der Waals surface area contributed by atoms with E-state index in [2.05, 4.69) is 4.74 Å². The average Bonchev–Trinajstić information content (AvgIpc) is 2.31. The summed E-state index contributed by atoms with van der Waals surface area (Å²) in [6.45, 7) is 1.46. The molecule has 94 valence electrons. The van der Waals surface area contributed by atoms with Crippen molar-refractivity contribution in [2.75, 3.05) is 7.11 Å². The summed E-state index contributed by atoms with van der Waals surface area (Å²) in [5.41, 5.74) is -0.476. The van der Waals surface area contributed by atoms with Gasteiger partial charge in [-0.25, -0.2) is 0 Å². The summed E-state index contributed by atoms with van der Waals surface area (Å²) >= 11 is 0.